The van der Waals surface area contributed by atoms with Crippen LogP contribution < -0.4 is 5.32 Å². The van der Waals surface area contributed by atoms with Gasteiger partial charge in [0.25, 0.3) is 5.91 Å². The number of nitrogens with one attached hydrogen (secondary N) is 2. The number of imidazole rings is 1. The number of amides is 1. The van der Waals surface area contributed by atoms with Crippen molar-refractivity contribution in [2.75, 3.05) is 0 Å². The van der Waals surface area contributed by atoms with Crippen LogP contribution in [-0.2, 0) is 13.6 Å². The molecule has 0 aliphatic heterocycles. The molecule has 5 rings (SSSR count). The van der Waals surface area contributed by atoms with Crippen molar-refractivity contribution in [3.63, 3.8) is 0 Å². The van der Waals surface area contributed by atoms with Crippen LogP contribution in [0, 0.1) is 0 Å². The van der Waals surface area contributed by atoms with E-state index in [1.807, 2.05) is 54.5 Å². The Morgan fingerprint density at radius 1 is 1.28 bits per heavy atom. The van der Waals surface area contributed by atoms with Crippen molar-refractivity contribution in [2.24, 2.45) is 7.05 Å². The van der Waals surface area contributed by atoms with Crippen LogP contribution >= 0.6 is 11.6 Å². The third kappa shape index (κ3) is 3.50. The molecule has 0 radical (unpaired) electrons. The second-order valence-corrected chi connectivity index (χ2v) is 8.34. The van der Waals surface area contributed by atoms with E-state index in [4.69, 9.17) is 21.7 Å². The molecular formula is C22H21ClN8O. The first kappa shape index (κ1) is 20.2. The number of hydrogen-bond donors (Lipinski definition) is 2. The number of carbonyl (C=O) groups excluding carboxylic acids is 1. The predicted octanol–water partition coefficient (Wildman–Crippen LogP) is 3.55. The van der Waals surface area contributed by atoms with E-state index in [0.717, 1.165) is 16.7 Å². The van der Waals surface area contributed by atoms with Crippen molar-refractivity contribution in [2.45, 2.75) is 26.4 Å². The molecule has 0 spiro atoms. The monoisotopic (exact) mass is 448 g/mol. The first-order valence-electron chi connectivity index (χ1n) is 10.2. The number of halogens is 1. The van der Waals surface area contributed by atoms with Crippen molar-refractivity contribution < 1.29 is 4.79 Å². The van der Waals surface area contributed by atoms with Crippen LogP contribution in [0.5, 0.6) is 0 Å². The van der Waals surface area contributed by atoms with Crippen LogP contribution in [0.15, 0.2) is 43.0 Å². The smallest absolute Gasteiger partial charge is 0.255 e. The zero-order valence-corrected chi connectivity index (χ0v) is 18.6. The number of hydrogen-bond acceptors (Lipinski definition) is 5. The fourth-order valence-corrected chi connectivity index (χ4v) is 3.83. The summed E-state index contributed by atoms with van der Waals surface area (Å²) in [4.78, 5) is 29.2. The molecular weight excluding hydrogens is 428 g/mol. The van der Waals surface area contributed by atoms with Gasteiger partial charge in [0.1, 0.15) is 22.7 Å². The van der Waals surface area contributed by atoms with E-state index >= 15 is 0 Å². The minimum atomic E-state index is -0.203. The highest BCUT2D eigenvalue weighted by Crippen LogP contribution is 2.30. The Kier molecular flexibility index (Phi) is 4.90. The highest BCUT2D eigenvalue weighted by Gasteiger charge is 2.19. The number of nitrogens with zero attached hydrogens (tertiary/aromatic N) is 6. The number of H-pyrrole nitrogens is 1. The largest absolute Gasteiger partial charge is 0.350 e. The van der Waals surface area contributed by atoms with Gasteiger partial charge in [-0.05, 0) is 32.0 Å². The third-order valence-corrected chi connectivity index (χ3v) is 5.45. The Balaban J connectivity index is 1.65. The van der Waals surface area contributed by atoms with Crippen LogP contribution in [0.1, 0.15) is 30.0 Å². The summed E-state index contributed by atoms with van der Waals surface area (Å²) < 4.78 is 3.83. The maximum atomic E-state index is 12.6. The van der Waals surface area contributed by atoms with Crippen LogP contribution in [0.2, 0.25) is 5.02 Å². The molecule has 0 unspecified atom stereocenters. The number of rotatable bonds is 5. The lowest BCUT2D eigenvalue weighted by Gasteiger charge is -2.07. The van der Waals surface area contributed by atoms with Crippen LogP contribution in [-0.4, -0.2) is 46.2 Å². The molecule has 5 aromatic rings. The Labute approximate surface area is 188 Å². The summed E-state index contributed by atoms with van der Waals surface area (Å²) in [5, 5.41) is 9.17. The summed E-state index contributed by atoms with van der Waals surface area (Å²) in [5.41, 5.74) is 3.58. The lowest BCUT2D eigenvalue weighted by Crippen LogP contribution is -2.29. The van der Waals surface area contributed by atoms with E-state index in [-0.39, 0.29) is 11.9 Å². The molecule has 9 nitrogen and oxygen atoms in total. The summed E-state index contributed by atoms with van der Waals surface area (Å²) in [6.07, 6.45) is 6.93. The molecule has 0 aliphatic rings. The van der Waals surface area contributed by atoms with Gasteiger partial charge in [0, 0.05) is 42.1 Å². The maximum absolute atomic E-state index is 12.6. The van der Waals surface area contributed by atoms with E-state index in [0.29, 0.717) is 39.7 Å². The van der Waals surface area contributed by atoms with Gasteiger partial charge in [-0.15, -0.1) is 0 Å². The number of aryl methyl sites for hydroxylation is 1. The molecule has 0 saturated heterocycles. The summed E-state index contributed by atoms with van der Waals surface area (Å²) in [7, 11) is 1.95. The minimum Gasteiger partial charge on any atom is -0.350 e. The molecule has 2 N–H and O–H groups in total. The molecule has 4 aromatic heterocycles. The Bertz CT molecular complexity index is 1460. The summed E-state index contributed by atoms with van der Waals surface area (Å²) in [6, 6.07) is 5.64. The highest BCUT2D eigenvalue weighted by molar-refractivity contribution is 6.31. The summed E-state index contributed by atoms with van der Waals surface area (Å²) in [6.45, 7) is 4.31. The first-order valence-corrected chi connectivity index (χ1v) is 10.6. The summed E-state index contributed by atoms with van der Waals surface area (Å²) in [5.74, 6) is 0.668. The van der Waals surface area contributed by atoms with Crippen molar-refractivity contribution >= 4 is 39.6 Å². The maximum Gasteiger partial charge on any atom is 0.255 e. The highest BCUT2D eigenvalue weighted by atomic mass is 35.5. The Morgan fingerprint density at radius 2 is 2.12 bits per heavy atom. The van der Waals surface area contributed by atoms with Gasteiger partial charge in [0.2, 0.25) is 0 Å². The van der Waals surface area contributed by atoms with Gasteiger partial charge in [-0.3, -0.25) is 9.48 Å². The number of aromatic amines is 1. The zero-order chi connectivity index (χ0) is 22.4. The topological polar surface area (TPSA) is 106 Å². The lowest BCUT2D eigenvalue weighted by molar-refractivity contribution is 0.0944. The standard InChI is InChI=1S/C22H21ClN8O/c1-12(2)27-22(32)15-9-25-21-20(15)28-16(10-26-21)19-14-8-13(23)4-5-17(14)31(29-19)11-18-24-6-7-30(18)3/h4-10,12H,11H2,1-3H3,(H,25,26)(H,27,32). The Morgan fingerprint density at radius 3 is 2.88 bits per heavy atom. The number of aromatic nitrogens is 7. The number of fused-ring (bicyclic) bond motifs is 2. The second-order valence-electron chi connectivity index (χ2n) is 7.91. The number of benzene rings is 1. The fraction of sp³-hybridized carbons (Fsp3) is 0.227. The van der Waals surface area contributed by atoms with Crippen LogP contribution in [0.3, 0.4) is 0 Å². The van der Waals surface area contributed by atoms with E-state index in [9.17, 15) is 4.79 Å². The van der Waals surface area contributed by atoms with Gasteiger partial charge in [0.05, 0.1) is 23.8 Å². The van der Waals surface area contributed by atoms with Crippen molar-refractivity contribution in [3.8, 4) is 11.4 Å². The van der Waals surface area contributed by atoms with Crippen molar-refractivity contribution in [1.82, 2.24) is 39.6 Å². The number of carbonyl (C=O) groups is 1. The van der Waals surface area contributed by atoms with Crippen molar-refractivity contribution in [3.05, 3.63) is 59.4 Å². The SMILES string of the molecule is CC(C)NC(=O)c1c[nH]c2ncc(-c3nn(Cc4nccn4C)c4ccc(Cl)cc34)nc12. The average molecular weight is 449 g/mol. The van der Waals surface area contributed by atoms with Gasteiger partial charge >= 0.3 is 0 Å². The van der Waals surface area contributed by atoms with Gasteiger partial charge in [-0.25, -0.2) is 15.0 Å². The predicted molar refractivity (Wildman–Crippen MR) is 123 cm³/mol. The molecule has 0 atom stereocenters. The zero-order valence-electron chi connectivity index (χ0n) is 17.8. The van der Waals surface area contributed by atoms with E-state index in [1.165, 1.54) is 0 Å². The second kappa shape index (κ2) is 7.76. The van der Waals surface area contributed by atoms with Gasteiger partial charge < -0.3 is 14.9 Å². The molecule has 32 heavy (non-hydrogen) atoms. The molecule has 0 bridgehead atoms. The molecule has 162 valence electrons. The van der Waals surface area contributed by atoms with Gasteiger partial charge in [-0.1, -0.05) is 11.6 Å². The molecule has 4 heterocycles. The fourth-order valence-electron chi connectivity index (χ4n) is 3.66. The molecule has 0 saturated carbocycles. The van der Waals surface area contributed by atoms with E-state index in [2.05, 4.69) is 20.3 Å². The van der Waals surface area contributed by atoms with Gasteiger partial charge in [-0.2, -0.15) is 5.10 Å². The van der Waals surface area contributed by atoms with E-state index in [1.54, 1.807) is 18.6 Å². The molecule has 1 amide bonds. The minimum absolute atomic E-state index is 0.0106. The normalized spacial score (nSPS) is 11.7. The van der Waals surface area contributed by atoms with Crippen LogP contribution in [0.25, 0.3) is 33.5 Å². The molecule has 0 aliphatic carbocycles. The molecule has 0 fully saturated rings. The molecule has 1 aromatic carbocycles. The average Bonchev–Trinajstić information content (AvgIpc) is 3.44. The van der Waals surface area contributed by atoms with Crippen LogP contribution in [0.4, 0.5) is 0 Å². The summed E-state index contributed by atoms with van der Waals surface area (Å²) >= 11 is 6.30. The molecule has 10 heteroatoms. The van der Waals surface area contributed by atoms with E-state index < -0.39 is 0 Å². The quantitative estimate of drug-likeness (QED) is 0.427. The van der Waals surface area contributed by atoms with Crippen molar-refractivity contribution in [1.29, 1.82) is 0 Å². The first-order chi connectivity index (χ1) is 15.4. The third-order valence-electron chi connectivity index (χ3n) is 5.21. The Hall–Kier alpha value is -3.72. The van der Waals surface area contributed by atoms with Gasteiger partial charge in [0.15, 0.2) is 5.65 Å². The lowest BCUT2D eigenvalue weighted by atomic mass is 10.1.